The lowest BCUT2D eigenvalue weighted by Gasteiger charge is -2.31. The first-order chi connectivity index (χ1) is 14.8. The van der Waals surface area contributed by atoms with Gasteiger partial charge in [-0.25, -0.2) is 13.4 Å². The fraction of sp³-hybridized carbons (Fsp3) is 0.421. The number of aromatic nitrogens is 4. The van der Waals surface area contributed by atoms with Gasteiger partial charge in [0.05, 0.1) is 25.3 Å². The van der Waals surface area contributed by atoms with Crippen LogP contribution >= 0.6 is 0 Å². The predicted octanol–water partition coefficient (Wildman–Crippen LogP) is -0.00180. The van der Waals surface area contributed by atoms with Crippen molar-refractivity contribution in [3.8, 4) is 0 Å². The van der Waals surface area contributed by atoms with E-state index in [4.69, 9.17) is 19.9 Å². The first-order valence-electron chi connectivity index (χ1n) is 9.61. The second-order valence-electron chi connectivity index (χ2n) is 7.91. The van der Waals surface area contributed by atoms with E-state index in [1.807, 2.05) is 30.3 Å². The highest BCUT2D eigenvalue weighted by molar-refractivity contribution is 7.90. The number of hydrogen-bond donors (Lipinski definition) is 2. The lowest BCUT2D eigenvalue weighted by Crippen LogP contribution is -2.47. The van der Waals surface area contributed by atoms with Gasteiger partial charge in [0, 0.05) is 6.26 Å². The summed E-state index contributed by atoms with van der Waals surface area (Å²) in [5.74, 6) is -0.332. The third kappa shape index (κ3) is 3.51. The van der Waals surface area contributed by atoms with Crippen LogP contribution in [-0.4, -0.2) is 64.4 Å². The van der Waals surface area contributed by atoms with Gasteiger partial charge in [-0.3, -0.25) is 14.3 Å². The summed E-state index contributed by atoms with van der Waals surface area (Å²) in [5.41, 5.74) is 5.28. The number of fused-ring (bicyclic) bond motifs is 3. The summed E-state index contributed by atoms with van der Waals surface area (Å²) < 4.78 is 44.3. The van der Waals surface area contributed by atoms with Crippen molar-refractivity contribution in [3.63, 3.8) is 0 Å². The first-order valence-corrected chi connectivity index (χ1v) is 11.7. The van der Waals surface area contributed by atoms with Gasteiger partial charge in [0.1, 0.15) is 27.6 Å². The normalized spacial score (nSPS) is 27.8. The number of nitrogen functional groups attached to an aromatic ring is 1. The molecule has 5 rings (SSSR count). The van der Waals surface area contributed by atoms with Gasteiger partial charge in [0.25, 0.3) is 5.56 Å². The Morgan fingerprint density at radius 3 is 2.87 bits per heavy atom. The van der Waals surface area contributed by atoms with Crippen LogP contribution in [0.2, 0.25) is 0 Å². The molecule has 2 bridgehead atoms. The molecule has 2 aliphatic heterocycles. The van der Waals surface area contributed by atoms with Gasteiger partial charge in [0.15, 0.2) is 17.4 Å². The van der Waals surface area contributed by atoms with Gasteiger partial charge in [-0.15, -0.1) is 0 Å². The molecule has 2 aromatic heterocycles. The van der Waals surface area contributed by atoms with Crippen LogP contribution in [0.1, 0.15) is 11.8 Å². The van der Waals surface area contributed by atoms with Crippen LogP contribution in [0.5, 0.6) is 0 Å². The molecule has 0 amide bonds. The third-order valence-corrected chi connectivity index (χ3v) is 6.49. The van der Waals surface area contributed by atoms with E-state index in [-0.39, 0.29) is 36.1 Å². The number of rotatable bonds is 6. The van der Waals surface area contributed by atoms with Crippen LogP contribution in [-0.2, 0) is 30.7 Å². The number of ether oxygens (including phenoxy) is 3. The van der Waals surface area contributed by atoms with E-state index in [0.717, 1.165) is 11.8 Å². The largest absolute Gasteiger partial charge is 0.369 e. The van der Waals surface area contributed by atoms with E-state index >= 15 is 0 Å². The van der Waals surface area contributed by atoms with Gasteiger partial charge >= 0.3 is 0 Å². The molecule has 11 nitrogen and oxygen atoms in total. The molecule has 0 unspecified atom stereocenters. The molecule has 3 aromatic rings. The topological polar surface area (TPSA) is 151 Å². The molecule has 2 saturated heterocycles. The zero-order valence-corrected chi connectivity index (χ0v) is 17.4. The molecule has 0 radical (unpaired) electrons. The Kier molecular flexibility index (Phi) is 4.62. The SMILES string of the molecule is CS(=O)(=O)C[C@@]12CO[C@@H]([C@H](n3cnc4c(=O)[nH]c(N)nc43)O1)[C@@H]2OCc1ccccc1. The third-order valence-electron chi connectivity index (χ3n) is 5.48. The Labute approximate surface area is 177 Å². The lowest BCUT2D eigenvalue weighted by molar-refractivity contribution is -0.164. The summed E-state index contributed by atoms with van der Waals surface area (Å²) in [5, 5.41) is 0. The summed E-state index contributed by atoms with van der Waals surface area (Å²) in [6.07, 6.45) is 0.502. The molecule has 0 spiro atoms. The molecular weight excluding hydrogens is 426 g/mol. The summed E-state index contributed by atoms with van der Waals surface area (Å²) in [4.78, 5) is 22.8. The molecule has 31 heavy (non-hydrogen) atoms. The summed E-state index contributed by atoms with van der Waals surface area (Å²) in [7, 11) is -3.42. The molecule has 0 saturated carbocycles. The Morgan fingerprint density at radius 2 is 2.13 bits per heavy atom. The minimum atomic E-state index is -3.42. The van der Waals surface area contributed by atoms with Crippen LogP contribution in [0, 0.1) is 0 Å². The van der Waals surface area contributed by atoms with Crippen LogP contribution < -0.4 is 11.3 Å². The number of H-pyrrole nitrogens is 1. The highest BCUT2D eigenvalue weighted by atomic mass is 32.2. The van der Waals surface area contributed by atoms with E-state index in [1.165, 1.54) is 10.9 Å². The highest BCUT2D eigenvalue weighted by Crippen LogP contribution is 2.48. The number of sulfone groups is 1. The number of hydrogen-bond acceptors (Lipinski definition) is 9. The molecule has 0 aliphatic carbocycles. The summed E-state index contributed by atoms with van der Waals surface area (Å²) in [6.45, 7) is 0.339. The molecular formula is C19H21N5O6S. The summed E-state index contributed by atoms with van der Waals surface area (Å²) in [6, 6.07) is 9.54. The van der Waals surface area contributed by atoms with Crippen molar-refractivity contribution in [2.75, 3.05) is 24.3 Å². The molecule has 12 heteroatoms. The van der Waals surface area contributed by atoms with Gasteiger partial charge in [0.2, 0.25) is 5.95 Å². The van der Waals surface area contributed by atoms with Crippen molar-refractivity contribution in [2.45, 2.75) is 30.6 Å². The maximum Gasteiger partial charge on any atom is 0.280 e. The molecule has 1 aromatic carbocycles. The Morgan fingerprint density at radius 1 is 1.35 bits per heavy atom. The van der Waals surface area contributed by atoms with Crippen molar-refractivity contribution in [1.29, 1.82) is 0 Å². The minimum Gasteiger partial charge on any atom is -0.369 e. The fourth-order valence-corrected chi connectivity index (χ4v) is 5.50. The fourth-order valence-electron chi connectivity index (χ4n) is 4.30. The zero-order valence-electron chi connectivity index (χ0n) is 16.6. The van der Waals surface area contributed by atoms with Crippen LogP contribution in [0.3, 0.4) is 0 Å². The van der Waals surface area contributed by atoms with Crippen molar-refractivity contribution in [1.82, 2.24) is 19.5 Å². The van der Waals surface area contributed by atoms with Crippen LogP contribution in [0.15, 0.2) is 41.5 Å². The number of benzene rings is 1. The maximum atomic E-state index is 12.2. The predicted molar refractivity (Wildman–Crippen MR) is 110 cm³/mol. The molecule has 164 valence electrons. The minimum absolute atomic E-state index is 0.0638. The van der Waals surface area contributed by atoms with Crippen molar-refractivity contribution >= 4 is 26.9 Å². The Hall–Kier alpha value is -2.80. The smallest absolute Gasteiger partial charge is 0.280 e. The quantitative estimate of drug-likeness (QED) is 0.532. The maximum absolute atomic E-state index is 12.2. The van der Waals surface area contributed by atoms with E-state index in [9.17, 15) is 13.2 Å². The molecule has 4 atom stereocenters. The monoisotopic (exact) mass is 447 g/mol. The van der Waals surface area contributed by atoms with Crippen molar-refractivity contribution in [3.05, 3.63) is 52.6 Å². The number of imidazole rings is 1. The van der Waals surface area contributed by atoms with Gasteiger partial charge in [-0.1, -0.05) is 30.3 Å². The standard InChI is InChI=1S/C19H21N5O6S/c1-31(26,27)9-19-8-29-13(14(19)28-7-11-5-3-2-4-6-11)17(30-19)24-10-21-12-15(24)22-18(20)23-16(12)25/h2-6,10,13-14,17H,7-9H2,1H3,(H3,20,22,23,25)/t13-,14+,17-,19-/m1/s1. The Balaban J connectivity index is 1.52. The number of aromatic amines is 1. The molecule has 3 N–H and O–H groups in total. The van der Waals surface area contributed by atoms with E-state index in [2.05, 4.69) is 15.0 Å². The van der Waals surface area contributed by atoms with Gasteiger partial charge in [-0.05, 0) is 5.56 Å². The van der Waals surface area contributed by atoms with Crippen LogP contribution in [0.4, 0.5) is 5.95 Å². The first kappa shape index (κ1) is 20.1. The van der Waals surface area contributed by atoms with Crippen LogP contribution in [0.25, 0.3) is 11.2 Å². The van der Waals surface area contributed by atoms with Gasteiger partial charge < -0.3 is 19.9 Å². The second-order valence-corrected chi connectivity index (χ2v) is 10.1. The molecule has 2 fully saturated rings. The average molecular weight is 447 g/mol. The second kappa shape index (κ2) is 7.12. The average Bonchev–Trinajstić information content (AvgIpc) is 3.34. The molecule has 4 heterocycles. The number of anilines is 1. The number of nitrogens with zero attached hydrogens (tertiary/aromatic N) is 3. The zero-order chi connectivity index (χ0) is 21.8. The lowest BCUT2D eigenvalue weighted by atomic mass is 10.0. The van der Waals surface area contributed by atoms with Crippen molar-refractivity contribution in [2.24, 2.45) is 0 Å². The van der Waals surface area contributed by atoms with E-state index in [0.29, 0.717) is 0 Å². The highest BCUT2D eigenvalue weighted by Gasteiger charge is 2.64. The number of nitrogens with two attached hydrogens (primary N) is 1. The van der Waals surface area contributed by atoms with E-state index in [1.54, 1.807) is 0 Å². The van der Waals surface area contributed by atoms with Crippen molar-refractivity contribution < 1.29 is 22.6 Å². The Bertz CT molecular complexity index is 1290. The van der Waals surface area contributed by atoms with E-state index < -0.39 is 39.4 Å². The summed E-state index contributed by atoms with van der Waals surface area (Å²) >= 11 is 0. The number of nitrogens with one attached hydrogen (secondary N) is 1. The molecule has 2 aliphatic rings. The van der Waals surface area contributed by atoms with Gasteiger partial charge in [-0.2, -0.15) is 4.98 Å².